The fourth-order valence-electron chi connectivity index (χ4n) is 4.09. The molecule has 1 aliphatic carbocycles. The summed E-state index contributed by atoms with van der Waals surface area (Å²) in [5.74, 6) is 1.37. The zero-order valence-corrected chi connectivity index (χ0v) is 21.1. The highest BCUT2D eigenvalue weighted by molar-refractivity contribution is 5.99. The minimum atomic E-state index is -0.304. The predicted molar refractivity (Wildman–Crippen MR) is 139 cm³/mol. The molecule has 33 heavy (non-hydrogen) atoms. The Kier molecular flexibility index (Phi) is 8.71. The molecule has 0 N–H and O–H groups in total. The fourth-order valence-corrected chi connectivity index (χ4v) is 4.09. The first kappa shape index (κ1) is 25.0. The quantitative estimate of drug-likeness (QED) is 0.298. The molecule has 3 aliphatic rings. The maximum absolute atomic E-state index is 14.3. The standard InChI is InChI=1S/C29H40FN3/c1-7-16-32(17-10-11-22(6)8-2)25-14-15-29-31-27(23(9-3)18-26(30)21(4)5)19-28(24-12-13-24)33(29)20-25/h9,14-15,18-20,22H,4,7-8,10-13,16-17H2,1-3,5-6H3/b23-9+,26-18+. The maximum Gasteiger partial charge on any atom is 0.137 e. The van der Waals surface area contributed by atoms with Crippen molar-refractivity contribution in [3.8, 4) is 0 Å². The van der Waals surface area contributed by atoms with Crippen LogP contribution in [0.2, 0.25) is 0 Å². The number of fused-ring (bicyclic) bond motifs is 1. The Morgan fingerprint density at radius 2 is 2.03 bits per heavy atom. The van der Waals surface area contributed by atoms with E-state index in [2.05, 4.69) is 61.6 Å². The van der Waals surface area contributed by atoms with E-state index < -0.39 is 0 Å². The second-order valence-corrected chi connectivity index (χ2v) is 9.40. The van der Waals surface area contributed by atoms with Crippen molar-refractivity contribution in [2.24, 2.45) is 10.9 Å². The summed E-state index contributed by atoms with van der Waals surface area (Å²) in [6.07, 6.45) is 19.2. The molecule has 0 aromatic rings. The van der Waals surface area contributed by atoms with Gasteiger partial charge in [-0.15, -0.1) is 0 Å². The van der Waals surface area contributed by atoms with Gasteiger partial charge in [0.25, 0.3) is 0 Å². The van der Waals surface area contributed by atoms with E-state index in [1.54, 1.807) is 6.92 Å². The first-order valence-electron chi connectivity index (χ1n) is 12.5. The lowest BCUT2D eigenvalue weighted by molar-refractivity contribution is 0.326. The lowest BCUT2D eigenvalue weighted by Gasteiger charge is -2.34. The lowest BCUT2D eigenvalue weighted by Crippen LogP contribution is -2.33. The monoisotopic (exact) mass is 449 g/mol. The van der Waals surface area contributed by atoms with Crippen molar-refractivity contribution >= 4 is 5.84 Å². The number of rotatable bonds is 11. The summed E-state index contributed by atoms with van der Waals surface area (Å²) < 4.78 is 14.3. The fraction of sp³-hybridized carbons (Fsp3) is 0.483. The van der Waals surface area contributed by atoms with E-state index in [1.165, 1.54) is 42.3 Å². The average Bonchev–Trinajstić information content (AvgIpc) is 3.66. The molecule has 0 bridgehead atoms. The van der Waals surface area contributed by atoms with Crippen LogP contribution in [0.3, 0.4) is 0 Å². The number of hydrogen-bond acceptors (Lipinski definition) is 3. The van der Waals surface area contributed by atoms with E-state index in [1.807, 2.05) is 13.0 Å². The van der Waals surface area contributed by atoms with Gasteiger partial charge >= 0.3 is 0 Å². The molecule has 0 spiro atoms. The van der Waals surface area contributed by atoms with Crippen LogP contribution in [0.1, 0.15) is 73.1 Å². The number of aliphatic imine (C=N–C) groups is 1. The van der Waals surface area contributed by atoms with Gasteiger partial charge in [-0.1, -0.05) is 39.8 Å². The number of amidine groups is 1. The molecule has 0 aromatic carbocycles. The minimum absolute atomic E-state index is 0.304. The second-order valence-electron chi connectivity index (χ2n) is 9.40. The molecule has 1 fully saturated rings. The van der Waals surface area contributed by atoms with Crippen molar-refractivity contribution in [2.75, 3.05) is 13.1 Å². The highest BCUT2D eigenvalue weighted by Gasteiger charge is 2.28. The summed E-state index contributed by atoms with van der Waals surface area (Å²) in [6, 6.07) is 0. The SMILES string of the molecule is C=C(C)/C(F)=C\C(=C/C)C1=CC(=C2CC2)N2C=C(N(CCC)CCCC(C)CC)C=CC2=N1. The summed E-state index contributed by atoms with van der Waals surface area (Å²) in [5, 5.41) is 0. The molecule has 2 aliphatic heterocycles. The molecular weight excluding hydrogens is 409 g/mol. The maximum atomic E-state index is 14.3. The number of halogens is 1. The summed E-state index contributed by atoms with van der Waals surface area (Å²) in [4.78, 5) is 9.63. The van der Waals surface area contributed by atoms with Gasteiger partial charge in [0.15, 0.2) is 0 Å². The third kappa shape index (κ3) is 6.46. The van der Waals surface area contributed by atoms with Gasteiger partial charge in [-0.3, -0.25) is 4.90 Å². The van der Waals surface area contributed by atoms with Crippen LogP contribution in [0.15, 0.2) is 87.8 Å². The van der Waals surface area contributed by atoms with Crippen molar-refractivity contribution < 1.29 is 4.39 Å². The Labute approximate surface area is 200 Å². The first-order valence-corrected chi connectivity index (χ1v) is 12.5. The van der Waals surface area contributed by atoms with E-state index in [9.17, 15) is 4.39 Å². The van der Waals surface area contributed by atoms with Gasteiger partial charge in [0.1, 0.15) is 11.7 Å². The molecule has 1 unspecified atom stereocenters. The number of nitrogens with zero attached hydrogens (tertiary/aromatic N) is 3. The topological polar surface area (TPSA) is 18.8 Å². The van der Waals surface area contributed by atoms with Gasteiger partial charge in [0, 0.05) is 25.0 Å². The predicted octanol–water partition coefficient (Wildman–Crippen LogP) is 7.96. The zero-order chi connectivity index (χ0) is 24.0. The van der Waals surface area contributed by atoms with E-state index in [4.69, 9.17) is 4.99 Å². The molecule has 1 saturated carbocycles. The Hall–Kier alpha value is -2.62. The van der Waals surface area contributed by atoms with Crippen LogP contribution in [0.4, 0.5) is 4.39 Å². The number of allylic oxidation sites excluding steroid dienone is 7. The van der Waals surface area contributed by atoms with Gasteiger partial charge in [-0.25, -0.2) is 9.38 Å². The highest BCUT2D eigenvalue weighted by atomic mass is 19.1. The second kappa shape index (κ2) is 11.5. The van der Waals surface area contributed by atoms with E-state index in [0.29, 0.717) is 5.57 Å². The van der Waals surface area contributed by atoms with Gasteiger partial charge in [-0.05, 0) is 92.9 Å². The third-order valence-corrected chi connectivity index (χ3v) is 6.52. The van der Waals surface area contributed by atoms with Crippen LogP contribution in [0.25, 0.3) is 0 Å². The van der Waals surface area contributed by atoms with Crippen LogP contribution >= 0.6 is 0 Å². The molecule has 0 aromatic heterocycles. The molecule has 178 valence electrons. The van der Waals surface area contributed by atoms with Crippen LogP contribution in [-0.4, -0.2) is 28.7 Å². The van der Waals surface area contributed by atoms with Crippen LogP contribution in [0, 0.1) is 5.92 Å². The van der Waals surface area contributed by atoms with Gasteiger partial charge < -0.3 is 4.90 Å². The summed E-state index contributed by atoms with van der Waals surface area (Å²) in [7, 11) is 0. The largest absolute Gasteiger partial charge is 0.370 e. The highest BCUT2D eigenvalue weighted by Crippen LogP contribution is 2.39. The third-order valence-electron chi connectivity index (χ3n) is 6.52. The summed E-state index contributed by atoms with van der Waals surface area (Å²) in [6.45, 7) is 16.3. The van der Waals surface area contributed by atoms with Crippen molar-refractivity contribution in [3.63, 3.8) is 0 Å². The number of hydrogen-bond donors (Lipinski definition) is 0. The molecule has 2 heterocycles. The smallest absolute Gasteiger partial charge is 0.137 e. The Morgan fingerprint density at radius 3 is 2.64 bits per heavy atom. The van der Waals surface area contributed by atoms with Crippen LogP contribution < -0.4 is 0 Å². The van der Waals surface area contributed by atoms with Crippen molar-refractivity contribution in [2.45, 2.75) is 73.1 Å². The molecule has 4 heteroatoms. The zero-order valence-electron chi connectivity index (χ0n) is 21.1. The van der Waals surface area contributed by atoms with Crippen LogP contribution in [0.5, 0.6) is 0 Å². The molecule has 3 nitrogen and oxygen atoms in total. The molecule has 0 saturated heterocycles. The molecule has 3 rings (SSSR count). The van der Waals surface area contributed by atoms with Crippen molar-refractivity contribution in [3.05, 3.63) is 82.8 Å². The molecular formula is C29H40FN3. The minimum Gasteiger partial charge on any atom is -0.370 e. The van der Waals surface area contributed by atoms with Crippen molar-refractivity contribution in [1.29, 1.82) is 0 Å². The lowest BCUT2D eigenvalue weighted by atomic mass is 10.0. The average molecular weight is 450 g/mol. The normalized spacial score (nSPS) is 19.1. The summed E-state index contributed by atoms with van der Waals surface area (Å²) in [5.41, 5.74) is 5.88. The van der Waals surface area contributed by atoms with Crippen molar-refractivity contribution in [1.82, 2.24) is 9.80 Å². The Bertz CT molecular complexity index is 965. The van der Waals surface area contributed by atoms with Gasteiger partial charge in [0.05, 0.1) is 11.4 Å². The van der Waals surface area contributed by atoms with E-state index in [0.717, 1.165) is 55.4 Å². The molecule has 1 atom stereocenters. The molecule has 0 amide bonds. The van der Waals surface area contributed by atoms with E-state index >= 15 is 0 Å². The Morgan fingerprint density at radius 1 is 1.27 bits per heavy atom. The molecule has 0 radical (unpaired) electrons. The van der Waals surface area contributed by atoms with E-state index in [-0.39, 0.29) is 5.83 Å². The van der Waals surface area contributed by atoms with Gasteiger partial charge in [0.2, 0.25) is 0 Å². The first-order chi connectivity index (χ1) is 15.9. The van der Waals surface area contributed by atoms with Crippen LogP contribution in [-0.2, 0) is 0 Å². The summed E-state index contributed by atoms with van der Waals surface area (Å²) >= 11 is 0. The van der Waals surface area contributed by atoms with Gasteiger partial charge in [-0.2, -0.15) is 0 Å². The Balaban J connectivity index is 1.86.